The van der Waals surface area contributed by atoms with Crippen LogP contribution in [0.3, 0.4) is 0 Å². The fraction of sp³-hybridized carbons (Fsp3) is 0.875. The summed E-state index contributed by atoms with van der Waals surface area (Å²) in [5.41, 5.74) is 0. The zero-order valence-electron chi connectivity index (χ0n) is 12.7. The topological polar surface area (TPSA) is 58.2 Å². The van der Waals surface area contributed by atoms with Crippen molar-refractivity contribution in [1.29, 1.82) is 0 Å². The Morgan fingerprint density at radius 1 is 0.500 bits per heavy atom. The molecule has 1 rings (SSSR count). The molecular formula is C16H30N2O2. The molecule has 0 saturated carbocycles. The lowest BCUT2D eigenvalue weighted by molar-refractivity contribution is -0.123. The minimum Gasteiger partial charge on any atom is -0.356 e. The molecule has 0 spiro atoms. The van der Waals surface area contributed by atoms with Gasteiger partial charge in [-0.2, -0.15) is 0 Å². The van der Waals surface area contributed by atoms with E-state index in [9.17, 15) is 9.59 Å². The van der Waals surface area contributed by atoms with Gasteiger partial charge in [0.05, 0.1) is 0 Å². The van der Waals surface area contributed by atoms with Crippen molar-refractivity contribution < 1.29 is 9.59 Å². The molecule has 0 aromatic rings. The second-order valence-electron chi connectivity index (χ2n) is 5.74. The molecule has 4 heteroatoms. The highest BCUT2D eigenvalue weighted by atomic mass is 16.2. The van der Waals surface area contributed by atoms with E-state index in [-0.39, 0.29) is 11.8 Å². The standard InChI is InChI=1S/C16H30N2O2/c19-15-11-7-8-12-16(20)18-14-10-6-4-2-1-3-5-9-13-17-15/h1-14H2,(H,17,19)(H,18,20). The summed E-state index contributed by atoms with van der Waals surface area (Å²) in [6.45, 7) is 1.61. The molecule has 1 aliphatic rings. The van der Waals surface area contributed by atoms with Crippen molar-refractivity contribution in [3.63, 3.8) is 0 Å². The van der Waals surface area contributed by atoms with E-state index in [1.807, 2.05) is 0 Å². The number of rotatable bonds is 0. The number of hydrogen-bond acceptors (Lipinski definition) is 2. The van der Waals surface area contributed by atoms with E-state index in [0.29, 0.717) is 12.8 Å². The Morgan fingerprint density at radius 2 is 0.850 bits per heavy atom. The molecule has 116 valence electrons. The lowest BCUT2D eigenvalue weighted by Gasteiger charge is -2.08. The predicted octanol–water partition coefficient (Wildman–Crippen LogP) is 2.91. The van der Waals surface area contributed by atoms with Gasteiger partial charge < -0.3 is 10.6 Å². The zero-order valence-corrected chi connectivity index (χ0v) is 12.7. The van der Waals surface area contributed by atoms with Gasteiger partial charge in [-0.15, -0.1) is 0 Å². The van der Waals surface area contributed by atoms with Gasteiger partial charge >= 0.3 is 0 Å². The van der Waals surface area contributed by atoms with Crippen molar-refractivity contribution in [2.75, 3.05) is 13.1 Å². The maximum atomic E-state index is 11.5. The Balaban J connectivity index is 2.20. The summed E-state index contributed by atoms with van der Waals surface area (Å²) in [5, 5.41) is 5.92. The van der Waals surface area contributed by atoms with Gasteiger partial charge in [0.25, 0.3) is 0 Å². The summed E-state index contributed by atoms with van der Waals surface area (Å²) in [6, 6.07) is 0. The fourth-order valence-electron chi connectivity index (χ4n) is 2.51. The van der Waals surface area contributed by atoms with Crippen LogP contribution in [0.1, 0.15) is 77.0 Å². The molecule has 1 fully saturated rings. The van der Waals surface area contributed by atoms with E-state index < -0.39 is 0 Å². The first-order valence-corrected chi connectivity index (χ1v) is 8.32. The molecule has 0 bridgehead atoms. The van der Waals surface area contributed by atoms with E-state index in [1.165, 1.54) is 38.5 Å². The molecule has 0 aromatic heterocycles. The predicted molar refractivity (Wildman–Crippen MR) is 81.4 cm³/mol. The SMILES string of the molecule is O=C1CCCCC(=O)NCCCCCCCCCCN1. The number of nitrogens with one attached hydrogen (secondary N) is 2. The number of carbonyl (C=O) groups is 2. The molecule has 1 aliphatic heterocycles. The van der Waals surface area contributed by atoms with E-state index in [4.69, 9.17) is 0 Å². The first-order chi connectivity index (χ1) is 9.79. The summed E-state index contributed by atoms with van der Waals surface area (Å²) in [6.07, 6.45) is 12.5. The van der Waals surface area contributed by atoms with Crippen molar-refractivity contribution in [3.8, 4) is 0 Å². The van der Waals surface area contributed by atoms with E-state index in [1.54, 1.807) is 0 Å². The minimum atomic E-state index is 0.131. The molecule has 1 heterocycles. The van der Waals surface area contributed by atoms with Crippen molar-refractivity contribution >= 4 is 11.8 Å². The highest BCUT2D eigenvalue weighted by molar-refractivity contribution is 5.77. The molecule has 0 unspecified atom stereocenters. The van der Waals surface area contributed by atoms with Gasteiger partial charge in [-0.1, -0.05) is 38.5 Å². The van der Waals surface area contributed by atoms with E-state index in [2.05, 4.69) is 10.6 Å². The fourth-order valence-corrected chi connectivity index (χ4v) is 2.51. The smallest absolute Gasteiger partial charge is 0.219 e. The van der Waals surface area contributed by atoms with E-state index >= 15 is 0 Å². The van der Waals surface area contributed by atoms with Crippen molar-refractivity contribution in [1.82, 2.24) is 10.6 Å². The van der Waals surface area contributed by atoms with Crippen LogP contribution in [0, 0.1) is 0 Å². The Hall–Kier alpha value is -1.06. The van der Waals surface area contributed by atoms with Gasteiger partial charge in [0.15, 0.2) is 0 Å². The molecule has 0 aromatic carbocycles. The van der Waals surface area contributed by atoms with Gasteiger partial charge in [-0.05, 0) is 25.7 Å². The minimum absolute atomic E-state index is 0.131. The van der Waals surface area contributed by atoms with Crippen molar-refractivity contribution in [2.24, 2.45) is 0 Å². The lowest BCUT2D eigenvalue weighted by atomic mass is 10.1. The lowest BCUT2D eigenvalue weighted by Crippen LogP contribution is -2.25. The third kappa shape index (κ3) is 9.82. The third-order valence-corrected chi connectivity index (χ3v) is 3.81. The number of amides is 2. The highest BCUT2D eigenvalue weighted by Crippen LogP contribution is 2.08. The molecule has 2 amide bonds. The molecule has 1 saturated heterocycles. The van der Waals surface area contributed by atoms with Crippen LogP contribution in [0.25, 0.3) is 0 Å². The monoisotopic (exact) mass is 282 g/mol. The zero-order chi connectivity index (χ0) is 14.5. The molecule has 20 heavy (non-hydrogen) atoms. The van der Waals surface area contributed by atoms with Crippen LogP contribution in [0.15, 0.2) is 0 Å². The third-order valence-electron chi connectivity index (χ3n) is 3.81. The van der Waals surface area contributed by atoms with Gasteiger partial charge in [0.1, 0.15) is 0 Å². The van der Waals surface area contributed by atoms with Crippen LogP contribution in [0.4, 0.5) is 0 Å². The Bertz CT molecular complexity index is 252. The average molecular weight is 282 g/mol. The summed E-state index contributed by atoms with van der Waals surface area (Å²) in [7, 11) is 0. The summed E-state index contributed by atoms with van der Waals surface area (Å²) >= 11 is 0. The van der Waals surface area contributed by atoms with Crippen LogP contribution < -0.4 is 10.6 Å². The molecule has 2 N–H and O–H groups in total. The molecular weight excluding hydrogens is 252 g/mol. The first kappa shape index (κ1) is 17.0. The Labute approximate surface area is 123 Å². The largest absolute Gasteiger partial charge is 0.356 e. The Morgan fingerprint density at radius 3 is 1.25 bits per heavy atom. The Kier molecular flexibility index (Phi) is 9.98. The summed E-state index contributed by atoms with van der Waals surface area (Å²) in [4.78, 5) is 23.1. The van der Waals surface area contributed by atoms with Crippen LogP contribution >= 0.6 is 0 Å². The maximum absolute atomic E-state index is 11.5. The molecule has 0 radical (unpaired) electrons. The number of hydrogen-bond donors (Lipinski definition) is 2. The highest BCUT2D eigenvalue weighted by Gasteiger charge is 2.04. The van der Waals surface area contributed by atoms with Crippen molar-refractivity contribution in [3.05, 3.63) is 0 Å². The van der Waals surface area contributed by atoms with Crippen LogP contribution in [-0.4, -0.2) is 24.9 Å². The average Bonchev–Trinajstić information content (AvgIpc) is 2.44. The number of carbonyl (C=O) groups excluding carboxylic acids is 2. The first-order valence-electron chi connectivity index (χ1n) is 8.32. The second-order valence-corrected chi connectivity index (χ2v) is 5.74. The van der Waals surface area contributed by atoms with Crippen molar-refractivity contribution in [2.45, 2.75) is 77.0 Å². The summed E-state index contributed by atoms with van der Waals surface area (Å²) in [5.74, 6) is 0.262. The second kappa shape index (κ2) is 11.7. The van der Waals surface area contributed by atoms with Gasteiger partial charge in [0, 0.05) is 25.9 Å². The summed E-state index contributed by atoms with van der Waals surface area (Å²) < 4.78 is 0. The normalized spacial score (nSPS) is 22.2. The molecule has 4 nitrogen and oxygen atoms in total. The molecule has 0 atom stereocenters. The molecule has 0 aliphatic carbocycles. The van der Waals surface area contributed by atoms with Crippen LogP contribution in [-0.2, 0) is 9.59 Å². The van der Waals surface area contributed by atoms with Gasteiger partial charge in [-0.3, -0.25) is 9.59 Å². The van der Waals surface area contributed by atoms with E-state index in [0.717, 1.165) is 38.8 Å². The van der Waals surface area contributed by atoms with Gasteiger partial charge in [0.2, 0.25) is 11.8 Å². The van der Waals surface area contributed by atoms with Crippen LogP contribution in [0.5, 0.6) is 0 Å². The quantitative estimate of drug-likeness (QED) is 0.717. The van der Waals surface area contributed by atoms with Crippen LogP contribution in [0.2, 0.25) is 0 Å². The van der Waals surface area contributed by atoms with Gasteiger partial charge in [-0.25, -0.2) is 0 Å². The maximum Gasteiger partial charge on any atom is 0.219 e.